The predicted molar refractivity (Wildman–Crippen MR) is 87.2 cm³/mol. The third kappa shape index (κ3) is 3.85. The molecule has 1 amide bonds. The van der Waals surface area contributed by atoms with Crippen LogP contribution >= 0.6 is 0 Å². The van der Waals surface area contributed by atoms with Gasteiger partial charge < -0.3 is 10.6 Å². The lowest BCUT2D eigenvalue weighted by atomic mass is 9.86. The van der Waals surface area contributed by atoms with Crippen molar-refractivity contribution in [3.8, 4) is 0 Å². The van der Waals surface area contributed by atoms with Gasteiger partial charge in [0.1, 0.15) is 0 Å². The first kappa shape index (κ1) is 16.0. The van der Waals surface area contributed by atoms with Crippen LogP contribution in [0.5, 0.6) is 0 Å². The summed E-state index contributed by atoms with van der Waals surface area (Å²) in [6.45, 7) is 12.5. The monoisotopic (exact) mass is 288 g/mol. The zero-order chi connectivity index (χ0) is 15.6. The maximum atomic E-state index is 12.3. The van der Waals surface area contributed by atoms with Crippen molar-refractivity contribution in [3.05, 3.63) is 35.4 Å². The number of carbonyl (C=O) groups excluding carboxylic acids is 1. The minimum Gasteiger partial charge on any atom is -0.349 e. The van der Waals surface area contributed by atoms with E-state index in [1.165, 1.54) is 5.56 Å². The van der Waals surface area contributed by atoms with Gasteiger partial charge in [0.05, 0.1) is 12.0 Å². The Morgan fingerprint density at radius 2 is 1.86 bits per heavy atom. The lowest BCUT2D eigenvalue weighted by Crippen LogP contribution is -2.35. The van der Waals surface area contributed by atoms with Crippen LogP contribution in [0, 0.1) is 11.8 Å². The van der Waals surface area contributed by atoms with Crippen LogP contribution in [0.3, 0.4) is 0 Å². The number of benzene rings is 1. The molecule has 0 bridgehead atoms. The number of rotatable bonds is 3. The van der Waals surface area contributed by atoms with Gasteiger partial charge in [-0.15, -0.1) is 0 Å². The molecule has 1 aromatic carbocycles. The van der Waals surface area contributed by atoms with Gasteiger partial charge >= 0.3 is 0 Å². The van der Waals surface area contributed by atoms with E-state index in [0.717, 1.165) is 18.7 Å². The number of hydrogen-bond donors (Lipinski definition) is 2. The molecule has 0 aliphatic carbocycles. The van der Waals surface area contributed by atoms with E-state index in [0.29, 0.717) is 5.92 Å². The van der Waals surface area contributed by atoms with Crippen molar-refractivity contribution in [3.63, 3.8) is 0 Å². The van der Waals surface area contributed by atoms with Crippen molar-refractivity contribution in [2.45, 2.75) is 46.1 Å². The summed E-state index contributed by atoms with van der Waals surface area (Å²) >= 11 is 0. The van der Waals surface area contributed by atoms with Gasteiger partial charge in [-0.2, -0.15) is 0 Å². The highest BCUT2D eigenvalue weighted by Crippen LogP contribution is 2.24. The maximum Gasteiger partial charge on any atom is 0.225 e. The van der Waals surface area contributed by atoms with Gasteiger partial charge in [-0.3, -0.25) is 4.79 Å². The Morgan fingerprint density at radius 3 is 2.33 bits per heavy atom. The zero-order valence-electron chi connectivity index (χ0n) is 13.9. The normalized spacial score (nSPS) is 23.9. The third-order valence-corrected chi connectivity index (χ3v) is 4.49. The van der Waals surface area contributed by atoms with Crippen LogP contribution in [-0.2, 0) is 10.2 Å². The van der Waals surface area contributed by atoms with Crippen LogP contribution in [0.25, 0.3) is 0 Å². The van der Waals surface area contributed by atoms with E-state index >= 15 is 0 Å². The lowest BCUT2D eigenvalue weighted by molar-refractivity contribution is -0.126. The van der Waals surface area contributed by atoms with E-state index in [-0.39, 0.29) is 23.3 Å². The van der Waals surface area contributed by atoms with Gasteiger partial charge in [-0.1, -0.05) is 52.0 Å². The molecule has 0 spiro atoms. The largest absolute Gasteiger partial charge is 0.349 e. The van der Waals surface area contributed by atoms with Gasteiger partial charge in [0.2, 0.25) is 5.91 Å². The van der Waals surface area contributed by atoms with Crippen molar-refractivity contribution in [1.29, 1.82) is 0 Å². The quantitative estimate of drug-likeness (QED) is 0.897. The summed E-state index contributed by atoms with van der Waals surface area (Å²) in [6, 6.07) is 8.64. The molecule has 1 fully saturated rings. The predicted octanol–water partition coefficient (Wildman–Crippen LogP) is 3.02. The molecule has 0 saturated carbocycles. The van der Waals surface area contributed by atoms with Crippen LogP contribution in [0.15, 0.2) is 24.3 Å². The van der Waals surface area contributed by atoms with Crippen molar-refractivity contribution in [2.75, 3.05) is 13.1 Å². The molecule has 1 saturated heterocycles. The van der Waals surface area contributed by atoms with Gasteiger partial charge in [-0.05, 0) is 35.9 Å². The SMILES string of the molecule is CC(NC(=O)[C@@H]1CNC[C@H]1C)c1ccc(C(C)(C)C)cc1. The molecular weight excluding hydrogens is 260 g/mol. The molecule has 1 heterocycles. The van der Waals surface area contributed by atoms with E-state index in [1.807, 2.05) is 0 Å². The van der Waals surface area contributed by atoms with E-state index in [1.54, 1.807) is 0 Å². The van der Waals surface area contributed by atoms with Crippen molar-refractivity contribution >= 4 is 5.91 Å². The van der Waals surface area contributed by atoms with Gasteiger partial charge in [0.25, 0.3) is 0 Å². The lowest BCUT2D eigenvalue weighted by Gasteiger charge is -2.22. The zero-order valence-corrected chi connectivity index (χ0v) is 13.9. The smallest absolute Gasteiger partial charge is 0.225 e. The Hall–Kier alpha value is -1.35. The standard InChI is InChI=1S/C18H28N2O/c1-12-10-19-11-16(12)17(21)20-13(2)14-6-8-15(9-7-14)18(3,4)5/h6-9,12-13,16,19H,10-11H2,1-5H3,(H,20,21)/t12-,13?,16-/m1/s1. The fourth-order valence-electron chi connectivity index (χ4n) is 2.84. The second-order valence-corrected chi connectivity index (χ2v) is 7.34. The molecule has 1 aliphatic heterocycles. The average molecular weight is 288 g/mol. The first-order valence-electron chi connectivity index (χ1n) is 7.90. The van der Waals surface area contributed by atoms with Crippen molar-refractivity contribution < 1.29 is 4.79 Å². The van der Waals surface area contributed by atoms with Gasteiger partial charge in [-0.25, -0.2) is 0 Å². The molecule has 0 aromatic heterocycles. The molecule has 21 heavy (non-hydrogen) atoms. The van der Waals surface area contributed by atoms with Crippen LogP contribution < -0.4 is 10.6 Å². The summed E-state index contributed by atoms with van der Waals surface area (Å²) in [7, 11) is 0. The summed E-state index contributed by atoms with van der Waals surface area (Å²) in [5, 5.41) is 6.43. The number of amides is 1. The number of hydrogen-bond acceptors (Lipinski definition) is 2. The van der Waals surface area contributed by atoms with Gasteiger partial charge in [0, 0.05) is 6.54 Å². The Morgan fingerprint density at radius 1 is 1.24 bits per heavy atom. The Kier molecular flexibility index (Phi) is 4.72. The summed E-state index contributed by atoms with van der Waals surface area (Å²) in [6.07, 6.45) is 0. The minimum absolute atomic E-state index is 0.0549. The molecule has 1 aliphatic rings. The summed E-state index contributed by atoms with van der Waals surface area (Å²) < 4.78 is 0. The highest BCUT2D eigenvalue weighted by atomic mass is 16.2. The Balaban J connectivity index is 2.00. The molecule has 1 aromatic rings. The highest BCUT2D eigenvalue weighted by Gasteiger charge is 2.30. The molecule has 116 valence electrons. The molecule has 2 rings (SSSR count). The fourth-order valence-corrected chi connectivity index (χ4v) is 2.84. The Labute approximate surface area is 128 Å². The number of carbonyl (C=O) groups is 1. The van der Waals surface area contributed by atoms with Crippen LogP contribution in [0.2, 0.25) is 0 Å². The van der Waals surface area contributed by atoms with Crippen LogP contribution in [0.4, 0.5) is 0 Å². The average Bonchev–Trinajstić information content (AvgIpc) is 2.84. The van der Waals surface area contributed by atoms with E-state index in [9.17, 15) is 4.79 Å². The molecule has 3 nitrogen and oxygen atoms in total. The summed E-state index contributed by atoms with van der Waals surface area (Å²) in [5.41, 5.74) is 2.64. The van der Waals surface area contributed by atoms with Crippen molar-refractivity contribution in [2.24, 2.45) is 11.8 Å². The molecule has 0 radical (unpaired) electrons. The summed E-state index contributed by atoms with van der Waals surface area (Å²) in [5.74, 6) is 0.682. The molecular formula is C18H28N2O. The highest BCUT2D eigenvalue weighted by molar-refractivity contribution is 5.80. The molecule has 3 heteroatoms. The molecule has 3 atom stereocenters. The van der Waals surface area contributed by atoms with E-state index < -0.39 is 0 Å². The molecule has 2 N–H and O–H groups in total. The fraction of sp³-hybridized carbons (Fsp3) is 0.611. The Bertz CT molecular complexity index is 487. The third-order valence-electron chi connectivity index (χ3n) is 4.49. The van der Waals surface area contributed by atoms with E-state index in [2.05, 4.69) is 69.5 Å². The second-order valence-electron chi connectivity index (χ2n) is 7.34. The maximum absolute atomic E-state index is 12.3. The van der Waals surface area contributed by atoms with Crippen LogP contribution in [-0.4, -0.2) is 19.0 Å². The molecule has 1 unspecified atom stereocenters. The topological polar surface area (TPSA) is 41.1 Å². The van der Waals surface area contributed by atoms with Crippen molar-refractivity contribution in [1.82, 2.24) is 10.6 Å². The minimum atomic E-state index is 0.0549. The number of nitrogens with one attached hydrogen (secondary N) is 2. The van der Waals surface area contributed by atoms with Crippen LogP contribution in [0.1, 0.15) is 51.8 Å². The van der Waals surface area contributed by atoms with E-state index in [4.69, 9.17) is 0 Å². The first-order chi connectivity index (χ1) is 9.79. The summed E-state index contributed by atoms with van der Waals surface area (Å²) in [4.78, 5) is 12.3. The second kappa shape index (κ2) is 6.18. The van der Waals surface area contributed by atoms with Gasteiger partial charge in [0.15, 0.2) is 0 Å². The first-order valence-corrected chi connectivity index (χ1v) is 7.90.